The van der Waals surface area contributed by atoms with Crippen LogP contribution in [0.2, 0.25) is 0 Å². The molecule has 0 fully saturated rings. The maximum atomic E-state index is 12.5. The summed E-state index contributed by atoms with van der Waals surface area (Å²) in [6.45, 7) is 8.05. The molecular weight excluding hydrogens is 511 g/mol. The van der Waals surface area contributed by atoms with Gasteiger partial charge in [0.05, 0.1) is 13.1 Å². The highest BCUT2D eigenvalue weighted by Crippen LogP contribution is 2.24. The predicted molar refractivity (Wildman–Crippen MR) is 134 cm³/mol. The van der Waals surface area contributed by atoms with E-state index < -0.39 is 0 Å². The predicted octanol–water partition coefficient (Wildman–Crippen LogP) is 3.58. The van der Waals surface area contributed by atoms with E-state index in [0.717, 1.165) is 31.8 Å². The molecule has 0 unspecified atom stereocenters. The van der Waals surface area contributed by atoms with Crippen LogP contribution in [0.4, 0.5) is 0 Å². The lowest BCUT2D eigenvalue weighted by molar-refractivity contribution is -0.131. The van der Waals surface area contributed by atoms with E-state index in [-0.39, 0.29) is 29.9 Å². The number of benzene rings is 1. The highest BCUT2D eigenvalue weighted by atomic mass is 127. The number of aliphatic imine (C=N–C) groups is 1. The molecule has 0 saturated carbocycles. The summed E-state index contributed by atoms with van der Waals surface area (Å²) in [5.41, 5.74) is 2.51. The number of fused-ring (bicyclic) bond motifs is 1. The van der Waals surface area contributed by atoms with Gasteiger partial charge in [0.25, 0.3) is 0 Å². The van der Waals surface area contributed by atoms with Crippen molar-refractivity contribution in [2.45, 2.75) is 33.2 Å². The Balaban J connectivity index is 0.00000320. The molecule has 2 heterocycles. The van der Waals surface area contributed by atoms with E-state index in [1.54, 1.807) is 11.3 Å². The number of halogens is 1. The second kappa shape index (κ2) is 12.8. The van der Waals surface area contributed by atoms with Crippen molar-refractivity contribution in [3.8, 4) is 5.75 Å². The minimum atomic E-state index is 0. The molecule has 1 aliphatic heterocycles. The number of thiophene rings is 1. The van der Waals surface area contributed by atoms with Crippen LogP contribution in [-0.2, 0) is 17.8 Å². The van der Waals surface area contributed by atoms with Crippen molar-refractivity contribution in [2.75, 3.05) is 32.8 Å². The number of nitrogens with zero attached hydrogens (tertiary/aromatic N) is 2. The van der Waals surface area contributed by atoms with Gasteiger partial charge >= 0.3 is 0 Å². The molecule has 2 aromatic rings. The number of ether oxygens (including phenoxy) is 1. The molecule has 0 aliphatic carbocycles. The number of hydrogen-bond acceptors (Lipinski definition) is 4. The fourth-order valence-electron chi connectivity index (χ4n) is 3.20. The quantitative estimate of drug-likeness (QED) is 0.232. The van der Waals surface area contributed by atoms with E-state index in [2.05, 4.69) is 34.0 Å². The Morgan fingerprint density at radius 1 is 1.23 bits per heavy atom. The normalized spacial score (nSPS) is 13.3. The lowest BCUT2D eigenvalue weighted by Crippen LogP contribution is -2.40. The van der Waals surface area contributed by atoms with Crippen molar-refractivity contribution in [1.82, 2.24) is 15.5 Å². The lowest BCUT2D eigenvalue weighted by atomic mass is 10.1. The fraction of sp³-hybridized carbons (Fsp3) is 0.455. The number of guanidine groups is 1. The monoisotopic (exact) mass is 542 g/mol. The van der Waals surface area contributed by atoms with Gasteiger partial charge in [-0.1, -0.05) is 17.7 Å². The van der Waals surface area contributed by atoms with Crippen LogP contribution in [0, 0.1) is 6.92 Å². The number of nitrogens with one attached hydrogen (secondary N) is 2. The topological polar surface area (TPSA) is 66.0 Å². The molecular formula is C22H31IN4O2S. The van der Waals surface area contributed by atoms with Crippen LogP contribution in [0.1, 0.15) is 29.3 Å². The SMILES string of the molecule is CCNC(=NCCC(=O)N1CCc2sccc2C1)NCCOc1ccc(C)cc1.I. The Kier molecular flexibility index (Phi) is 10.4. The molecule has 164 valence electrons. The van der Waals surface area contributed by atoms with Gasteiger partial charge in [-0.2, -0.15) is 0 Å². The van der Waals surface area contributed by atoms with Gasteiger partial charge in [0, 0.05) is 30.9 Å². The average molecular weight is 542 g/mol. The van der Waals surface area contributed by atoms with E-state index >= 15 is 0 Å². The van der Waals surface area contributed by atoms with Gasteiger partial charge in [0.1, 0.15) is 12.4 Å². The fourth-order valence-corrected chi connectivity index (χ4v) is 4.09. The molecule has 0 atom stereocenters. The second-order valence-electron chi connectivity index (χ2n) is 7.03. The molecule has 8 heteroatoms. The van der Waals surface area contributed by atoms with E-state index in [1.807, 2.05) is 36.1 Å². The second-order valence-corrected chi connectivity index (χ2v) is 8.03. The Morgan fingerprint density at radius 3 is 2.80 bits per heavy atom. The summed E-state index contributed by atoms with van der Waals surface area (Å²) in [4.78, 5) is 20.4. The number of hydrogen-bond donors (Lipinski definition) is 2. The maximum Gasteiger partial charge on any atom is 0.224 e. The van der Waals surface area contributed by atoms with Gasteiger partial charge in [-0.3, -0.25) is 9.79 Å². The molecule has 0 radical (unpaired) electrons. The van der Waals surface area contributed by atoms with Crippen molar-refractivity contribution >= 4 is 47.2 Å². The zero-order chi connectivity index (χ0) is 20.5. The molecule has 30 heavy (non-hydrogen) atoms. The van der Waals surface area contributed by atoms with Gasteiger partial charge in [0.2, 0.25) is 5.91 Å². The molecule has 0 bridgehead atoms. The third kappa shape index (κ3) is 7.46. The minimum absolute atomic E-state index is 0. The summed E-state index contributed by atoms with van der Waals surface area (Å²) in [5, 5.41) is 8.58. The van der Waals surface area contributed by atoms with Crippen LogP contribution >= 0.6 is 35.3 Å². The Bertz CT molecular complexity index is 823. The van der Waals surface area contributed by atoms with Crippen LogP contribution in [0.5, 0.6) is 5.75 Å². The third-order valence-electron chi connectivity index (χ3n) is 4.78. The maximum absolute atomic E-state index is 12.5. The molecule has 3 rings (SSSR count). The molecule has 1 amide bonds. The average Bonchev–Trinajstić information content (AvgIpc) is 3.20. The van der Waals surface area contributed by atoms with Gasteiger partial charge < -0.3 is 20.3 Å². The summed E-state index contributed by atoms with van der Waals surface area (Å²) in [6, 6.07) is 10.1. The highest BCUT2D eigenvalue weighted by Gasteiger charge is 2.20. The summed E-state index contributed by atoms with van der Waals surface area (Å²) in [6.07, 6.45) is 1.39. The van der Waals surface area contributed by atoms with E-state index in [0.29, 0.717) is 32.1 Å². The smallest absolute Gasteiger partial charge is 0.224 e. The Morgan fingerprint density at radius 2 is 2.03 bits per heavy atom. The highest BCUT2D eigenvalue weighted by molar-refractivity contribution is 14.0. The number of aryl methyl sites for hydroxylation is 1. The van der Waals surface area contributed by atoms with Crippen LogP contribution < -0.4 is 15.4 Å². The van der Waals surface area contributed by atoms with Crippen molar-refractivity contribution in [1.29, 1.82) is 0 Å². The summed E-state index contributed by atoms with van der Waals surface area (Å²) >= 11 is 1.79. The first-order valence-electron chi connectivity index (χ1n) is 10.2. The van der Waals surface area contributed by atoms with E-state index in [9.17, 15) is 4.79 Å². The van der Waals surface area contributed by atoms with Gasteiger partial charge in [-0.15, -0.1) is 35.3 Å². The van der Waals surface area contributed by atoms with Crippen LogP contribution in [-0.4, -0.2) is 49.6 Å². The zero-order valence-corrected chi connectivity index (χ0v) is 20.8. The molecule has 1 aromatic carbocycles. The number of rotatable bonds is 8. The Hall–Kier alpha value is -1.81. The van der Waals surface area contributed by atoms with E-state index in [1.165, 1.54) is 16.0 Å². The largest absolute Gasteiger partial charge is 0.492 e. The summed E-state index contributed by atoms with van der Waals surface area (Å²) in [7, 11) is 0. The van der Waals surface area contributed by atoms with E-state index in [4.69, 9.17) is 4.74 Å². The van der Waals surface area contributed by atoms with Crippen molar-refractivity contribution < 1.29 is 9.53 Å². The number of carbonyl (C=O) groups is 1. The summed E-state index contributed by atoms with van der Waals surface area (Å²) < 4.78 is 5.73. The molecule has 0 spiro atoms. The molecule has 1 aliphatic rings. The number of amides is 1. The zero-order valence-electron chi connectivity index (χ0n) is 17.6. The van der Waals surface area contributed by atoms with Gasteiger partial charge in [-0.05, 0) is 49.4 Å². The van der Waals surface area contributed by atoms with Crippen LogP contribution in [0.3, 0.4) is 0 Å². The standard InChI is InChI=1S/C22H30N4O2S.HI/c1-3-23-22(25-12-14-28-19-6-4-17(2)5-7-19)24-11-8-21(27)26-13-9-20-18(16-26)10-15-29-20;/h4-7,10,15H,3,8-9,11-14,16H2,1-2H3,(H2,23,24,25);1H. The Labute approximate surface area is 200 Å². The first-order valence-corrected chi connectivity index (χ1v) is 11.1. The molecule has 1 aromatic heterocycles. The third-order valence-corrected chi connectivity index (χ3v) is 5.81. The van der Waals surface area contributed by atoms with Crippen LogP contribution in [0.15, 0.2) is 40.7 Å². The van der Waals surface area contributed by atoms with Crippen molar-refractivity contribution in [3.05, 3.63) is 51.7 Å². The van der Waals surface area contributed by atoms with Crippen molar-refractivity contribution in [3.63, 3.8) is 0 Å². The van der Waals surface area contributed by atoms with Crippen LogP contribution in [0.25, 0.3) is 0 Å². The summed E-state index contributed by atoms with van der Waals surface area (Å²) in [5.74, 6) is 1.75. The van der Waals surface area contributed by atoms with Crippen molar-refractivity contribution in [2.24, 2.45) is 4.99 Å². The minimum Gasteiger partial charge on any atom is -0.492 e. The number of carbonyl (C=O) groups excluding carboxylic acids is 1. The molecule has 6 nitrogen and oxygen atoms in total. The van der Waals surface area contributed by atoms with Gasteiger partial charge in [-0.25, -0.2) is 0 Å². The van der Waals surface area contributed by atoms with Gasteiger partial charge in [0.15, 0.2) is 5.96 Å². The lowest BCUT2D eigenvalue weighted by Gasteiger charge is -2.26. The molecule has 2 N–H and O–H groups in total. The molecule has 0 saturated heterocycles. The first kappa shape index (κ1) is 24.5. The first-order chi connectivity index (χ1) is 14.2.